The Labute approximate surface area is 103 Å². The highest BCUT2D eigenvalue weighted by Gasteiger charge is 2.07. The van der Waals surface area contributed by atoms with Crippen LogP contribution < -0.4 is 16.4 Å². The second-order valence-electron chi connectivity index (χ2n) is 3.47. The van der Waals surface area contributed by atoms with Gasteiger partial charge >= 0.3 is 0 Å². The van der Waals surface area contributed by atoms with E-state index in [-0.39, 0.29) is 37.3 Å². The molecule has 0 bridgehead atoms. The monoisotopic (exact) mass is 251 g/mol. The second kappa shape index (κ2) is 10.7. The molecule has 0 radical (unpaired) electrons. The van der Waals surface area contributed by atoms with Crippen molar-refractivity contribution in [2.45, 2.75) is 26.7 Å². The first kappa shape index (κ1) is 17.6. The van der Waals surface area contributed by atoms with Crippen molar-refractivity contribution in [3.8, 4) is 0 Å². The van der Waals surface area contributed by atoms with Crippen molar-refractivity contribution in [1.29, 1.82) is 0 Å². The Morgan fingerprint density at radius 2 is 1.69 bits per heavy atom. The molecule has 5 nitrogen and oxygen atoms in total. The van der Waals surface area contributed by atoms with E-state index in [2.05, 4.69) is 24.5 Å². The summed E-state index contributed by atoms with van der Waals surface area (Å²) >= 11 is 0. The third-order valence-electron chi connectivity index (χ3n) is 2.37. The molecule has 0 spiro atoms. The normalized spacial score (nSPS) is 9.50. The molecular weight excluding hydrogens is 230 g/mol. The number of carbonyl (C=O) groups is 2. The van der Waals surface area contributed by atoms with Gasteiger partial charge in [-0.1, -0.05) is 26.7 Å². The van der Waals surface area contributed by atoms with Crippen molar-refractivity contribution in [1.82, 2.24) is 10.6 Å². The average molecular weight is 252 g/mol. The van der Waals surface area contributed by atoms with Crippen molar-refractivity contribution < 1.29 is 9.59 Å². The Morgan fingerprint density at radius 3 is 2.12 bits per heavy atom. The predicted molar refractivity (Wildman–Crippen MR) is 66.4 cm³/mol. The van der Waals surface area contributed by atoms with Gasteiger partial charge in [0.1, 0.15) is 0 Å². The maximum Gasteiger partial charge on any atom is 0.239 e. The molecule has 0 aliphatic rings. The summed E-state index contributed by atoms with van der Waals surface area (Å²) in [6.07, 6.45) is 2.10. The molecule has 4 N–H and O–H groups in total. The minimum Gasteiger partial charge on any atom is -0.354 e. The smallest absolute Gasteiger partial charge is 0.239 e. The Balaban J connectivity index is 0. The predicted octanol–water partition coefficient (Wildman–Crippen LogP) is 0.0355. The number of rotatable bonds is 7. The van der Waals surface area contributed by atoms with Gasteiger partial charge in [-0.25, -0.2) is 0 Å². The minimum atomic E-state index is -0.312. The van der Waals surface area contributed by atoms with Gasteiger partial charge < -0.3 is 16.4 Å². The number of nitrogens with two attached hydrogens (primary N) is 1. The lowest BCUT2D eigenvalue weighted by molar-refractivity contribution is -0.125. The fourth-order valence-corrected chi connectivity index (χ4v) is 1.15. The van der Waals surface area contributed by atoms with Gasteiger partial charge in [-0.15, -0.1) is 12.4 Å². The van der Waals surface area contributed by atoms with Gasteiger partial charge in [0, 0.05) is 6.54 Å². The molecule has 0 fully saturated rings. The van der Waals surface area contributed by atoms with Crippen LogP contribution in [-0.4, -0.2) is 31.4 Å². The Morgan fingerprint density at radius 1 is 1.12 bits per heavy atom. The van der Waals surface area contributed by atoms with Crippen molar-refractivity contribution in [3.05, 3.63) is 0 Å². The second-order valence-corrected chi connectivity index (χ2v) is 3.47. The highest BCUT2D eigenvalue weighted by atomic mass is 35.5. The molecule has 0 aromatic carbocycles. The molecule has 0 aliphatic heterocycles. The summed E-state index contributed by atoms with van der Waals surface area (Å²) in [6.45, 7) is 4.79. The zero-order valence-corrected chi connectivity index (χ0v) is 10.7. The minimum absolute atomic E-state index is 0. The zero-order valence-electron chi connectivity index (χ0n) is 9.91. The molecule has 2 amide bonds. The molecule has 96 valence electrons. The van der Waals surface area contributed by atoms with Gasteiger partial charge in [0.25, 0.3) is 0 Å². The van der Waals surface area contributed by atoms with Crippen LogP contribution in [0.3, 0.4) is 0 Å². The fourth-order valence-electron chi connectivity index (χ4n) is 1.15. The zero-order chi connectivity index (χ0) is 11.7. The van der Waals surface area contributed by atoms with E-state index in [1.807, 2.05) is 0 Å². The van der Waals surface area contributed by atoms with E-state index in [0.29, 0.717) is 12.5 Å². The Hall–Kier alpha value is -0.810. The van der Waals surface area contributed by atoms with Gasteiger partial charge in [-0.3, -0.25) is 9.59 Å². The lowest BCUT2D eigenvalue weighted by Crippen LogP contribution is -2.40. The average Bonchev–Trinajstić information content (AvgIpc) is 2.27. The van der Waals surface area contributed by atoms with Gasteiger partial charge in [-0.2, -0.15) is 0 Å². The van der Waals surface area contributed by atoms with Crippen LogP contribution in [0.25, 0.3) is 0 Å². The maximum atomic E-state index is 11.2. The standard InChI is InChI=1S/C10H21N3O2.ClH/c1-3-8(4-2)6-12-10(15)7-13-9(14)5-11;/h8H,3-7,11H2,1-2H3,(H,12,15)(H,13,14);1H. The van der Waals surface area contributed by atoms with Crippen LogP contribution in [0, 0.1) is 5.92 Å². The first-order valence-corrected chi connectivity index (χ1v) is 5.37. The van der Waals surface area contributed by atoms with Gasteiger partial charge in [0.15, 0.2) is 0 Å². The molecule has 0 aliphatic carbocycles. The summed E-state index contributed by atoms with van der Waals surface area (Å²) in [7, 11) is 0. The van der Waals surface area contributed by atoms with Crippen LogP contribution in [0.5, 0.6) is 0 Å². The van der Waals surface area contributed by atoms with E-state index in [1.165, 1.54) is 0 Å². The van der Waals surface area contributed by atoms with Crippen LogP contribution in [0.15, 0.2) is 0 Å². The first-order chi connectivity index (χ1) is 7.13. The molecule has 0 aromatic rings. The van der Waals surface area contributed by atoms with E-state index >= 15 is 0 Å². The molecule has 0 saturated heterocycles. The Bertz CT molecular complexity index is 208. The van der Waals surface area contributed by atoms with E-state index in [9.17, 15) is 9.59 Å². The Kier molecular flexibility index (Phi) is 11.8. The largest absolute Gasteiger partial charge is 0.354 e. The van der Waals surface area contributed by atoms with Gasteiger partial charge in [0.05, 0.1) is 13.1 Å². The lowest BCUT2D eigenvalue weighted by atomic mass is 10.0. The molecule has 0 saturated carbocycles. The van der Waals surface area contributed by atoms with Crippen LogP contribution >= 0.6 is 12.4 Å². The number of carbonyl (C=O) groups excluding carboxylic acids is 2. The maximum absolute atomic E-state index is 11.2. The molecule has 6 heteroatoms. The first-order valence-electron chi connectivity index (χ1n) is 5.37. The van der Waals surface area contributed by atoms with Crippen LogP contribution in [0.4, 0.5) is 0 Å². The van der Waals surface area contributed by atoms with E-state index < -0.39 is 0 Å². The summed E-state index contributed by atoms with van der Waals surface area (Å²) in [5.74, 6) is 0.0375. The quantitative estimate of drug-likeness (QED) is 0.597. The van der Waals surface area contributed by atoms with Crippen LogP contribution in [0.1, 0.15) is 26.7 Å². The lowest BCUT2D eigenvalue weighted by Gasteiger charge is -2.13. The third-order valence-corrected chi connectivity index (χ3v) is 2.37. The van der Waals surface area contributed by atoms with Crippen molar-refractivity contribution in [2.75, 3.05) is 19.6 Å². The summed E-state index contributed by atoms with van der Waals surface area (Å²) in [6, 6.07) is 0. The summed E-state index contributed by atoms with van der Waals surface area (Å²) in [4.78, 5) is 22.0. The van der Waals surface area contributed by atoms with Crippen LogP contribution in [-0.2, 0) is 9.59 Å². The van der Waals surface area contributed by atoms with Crippen LogP contribution in [0.2, 0.25) is 0 Å². The van der Waals surface area contributed by atoms with Crippen molar-refractivity contribution in [2.24, 2.45) is 11.7 Å². The van der Waals surface area contributed by atoms with Crippen molar-refractivity contribution in [3.63, 3.8) is 0 Å². The number of nitrogens with one attached hydrogen (secondary N) is 2. The molecule has 0 heterocycles. The van der Waals surface area contributed by atoms with E-state index in [4.69, 9.17) is 5.73 Å². The highest BCUT2D eigenvalue weighted by Crippen LogP contribution is 2.04. The molecule has 16 heavy (non-hydrogen) atoms. The molecule has 0 atom stereocenters. The van der Waals surface area contributed by atoms with Gasteiger partial charge in [0.2, 0.25) is 11.8 Å². The van der Waals surface area contributed by atoms with E-state index in [1.54, 1.807) is 0 Å². The molecule has 0 rings (SSSR count). The molecular formula is C10H22ClN3O2. The summed E-state index contributed by atoms with van der Waals surface area (Å²) in [5.41, 5.74) is 5.08. The number of hydrogen-bond donors (Lipinski definition) is 3. The van der Waals surface area contributed by atoms with Gasteiger partial charge in [-0.05, 0) is 5.92 Å². The number of hydrogen-bond acceptors (Lipinski definition) is 3. The molecule has 0 unspecified atom stereocenters. The topological polar surface area (TPSA) is 84.2 Å². The highest BCUT2D eigenvalue weighted by molar-refractivity contribution is 5.85. The SMILES string of the molecule is CCC(CC)CNC(=O)CNC(=O)CN.Cl. The number of halogens is 1. The fraction of sp³-hybridized carbons (Fsp3) is 0.800. The third kappa shape index (κ3) is 8.49. The number of amides is 2. The summed E-state index contributed by atoms with van der Waals surface area (Å²) < 4.78 is 0. The summed E-state index contributed by atoms with van der Waals surface area (Å²) in [5, 5.41) is 5.19. The van der Waals surface area contributed by atoms with E-state index in [0.717, 1.165) is 12.8 Å². The molecule has 0 aromatic heterocycles. The van der Waals surface area contributed by atoms with Crippen molar-refractivity contribution >= 4 is 24.2 Å².